The summed E-state index contributed by atoms with van der Waals surface area (Å²) in [6.07, 6.45) is 0. The number of benzene rings is 2. The van der Waals surface area contributed by atoms with Gasteiger partial charge in [-0.3, -0.25) is 9.59 Å². The van der Waals surface area contributed by atoms with Crippen LogP contribution in [0.2, 0.25) is 5.02 Å². The molecule has 0 saturated carbocycles. The summed E-state index contributed by atoms with van der Waals surface area (Å²) in [6.45, 7) is 0. The van der Waals surface area contributed by atoms with Crippen LogP contribution in [0.5, 0.6) is 5.75 Å². The Hall–Kier alpha value is -2.50. The molecule has 5 nitrogen and oxygen atoms in total. The van der Waals surface area contributed by atoms with Gasteiger partial charge in [-0.1, -0.05) is 35.3 Å². The normalized spacial score (nSPS) is 14.6. The highest BCUT2D eigenvalue weighted by atomic mass is 35.5. The second-order valence-corrected chi connectivity index (χ2v) is 5.57. The van der Waals surface area contributed by atoms with Gasteiger partial charge in [-0.25, -0.2) is 4.90 Å². The Bertz CT molecular complexity index is 831. The molecule has 1 aliphatic rings. The summed E-state index contributed by atoms with van der Waals surface area (Å²) in [5, 5.41) is 12.7. The van der Waals surface area contributed by atoms with Gasteiger partial charge >= 0.3 is 0 Å². The second kappa shape index (κ2) is 5.95. The van der Waals surface area contributed by atoms with Gasteiger partial charge < -0.3 is 10.4 Å². The van der Waals surface area contributed by atoms with E-state index in [4.69, 9.17) is 23.2 Å². The molecule has 1 heterocycles. The van der Waals surface area contributed by atoms with Crippen molar-refractivity contribution in [2.45, 2.75) is 0 Å². The molecule has 3 rings (SSSR count). The van der Waals surface area contributed by atoms with Crippen LogP contribution in [0.1, 0.15) is 0 Å². The third kappa shape index (κ3) is 2.76. The zero-order valence-corrected chi connectivity index (χ0v) is 13.1. The molecule has 0 bridgehead atoms. The van der Waals surface area contributed by atoms with E-state index in [0.717, 1.165) is 4.90 Å². The van der Waals surface area contributed by atoms with Crippen LogP contribution in [0.3, 0.4) is 0 Å². The summed E-state index contributed by atoms with van der Waals surface area (Å²) in [7, 11) is 0. The maximum Gasteiger partial charge on any atom is 0.283 e. The lowest BCUT2D eigenvalue weighted by molar-refractivity contribution is -0.120. The van der Waals surface area contributed by atoms with Crippen molar-refractivity contribution < 1.29 is 14.7 Å². The van der Waals surface area contributed by atoms with Crippen molar-refractivity contribution in [1.29, 1.82) is 0 Å². The van der Waals surface area contributed by atoms with Gasteiger partial charge in [0.25, 0.3) is 11.8 Å². The number of carbonyl (C=O) groups excluding carboxylic acids is 2. The molecule has 0 aliphatic carbocycles. The van der Waals surface area contributed by atoms with Crippen molar-refractivity contribution in [1.82, 2.24) is 0 Å². The highest BCUT2D eigenvalue weighted by Gasteiger charge is 2.39. The molecule has 116 valence electrons. The van der Waals surface area contributed by atoms with E-state index in [1.807, 2.05) is 0 Å². The Morgan fingerprint density at radius 1 is 0.913 bits per heavy atom. The fourth-order valence-corrected chi connectivity index (χ4v) is 2.49. The van der Waals surface area contributed by atoms with Crippen LogP contribution in [0.25, 0.3) is 0 Å². The van der Waals surface area contributed by atoms with Crippen LogP contribution in [0, 0.1) is 0 Å². The topological polar surface area (TPSA) is 69.6 Å². The number of aromatic hydroxyl groups is 1. The Morgan fingerprint density at radius 2 is 1.57 bits per heavy atom. The van der Waals surface area contributed by atoms with E-state index in [1.54, 1.807) is 42.5 Å². The van der Waals surface area contributed by atoms with E-state index >= 15 is 0 Å². The summed E-state index contributed by atoms with van der Waals surface area (Å²) < 4.78 is 0. The van der Waals surface area contributed by atoms with Gasteiger partial charge in [0.15, 0.2) is 0 Å². The number of phenolic OH excluding ortho intramolecular Hbond substituents is 1. The molecule has 0 saturated heterocycles. The summed E-state index contributed by atoms with van der Waals surface area (Å²) >= 11 is 11.8. The minimum atomic E-state index is -0.642. The maximum absolute atomic E-state index is 12.5. The lowest BCUT2D eigenvalue weighted by Crippen LogP contribution is -2.32. The van der Waals surface area contributed by atoms with E-state index in [2.05, 4.69) is 5.32 Å². The van der Waals surface area contributed by atoms with Gasteiger partial charge in [-0.15, -0.1) is 0 Å². The summed E-state index contributed by atoms with van der Waals surface area (Å²) in [5.74, 6) is -1.31. The number of halogens is 2. The molecular formula is C16H10Cl2N2O3. The SMILES string of the molecule is O=C1C(Cl)=C(Nc2ccccc2O)C(=O)N1c1ccc(Cl)cc1. The van der Waals surface area contributed by atoms with Crippen molar-refractivity contribution in [2.24, 2.45) is 0 Å². The Morgan fingerprint density at radius 3 is 2.22 bits per heavy atom. The number of hydrogen-bond donors (Lipinski definition) is 2. The van der Waals surface area contributed by atoms with Gasteiger partial charge in [0.1, 0.15) is 16.5 Å². The van der Waals surface area contributed by atoms with Crippen LogP contribution in [-0.4, -0.2) is 16.9 Å². The highest BCUT2D eigenvalue weighted by molar-refractivity contribution is 6.53. The minimum Gasteiger partial charge on any atom is -0.506 e. The fourth-order valence-electron chi connectivity index (χ4n) is 2.15. The second-order valence-electron chi connectivity index (χ2n) is 4.75. The van der Waals surface area contributed by atoms with Crippen LogP contribution in [0.4, 0.5) is 11.4 Å². The van der Waals surface area contributed by atoms with Gasteiger partial charge in [-0.05, 0) is 36.4 Å². The van der Waals surface area contributed by atoms with Gasteiger partial charge in [0.05, 0.1) is 11.4 Å². The van der Waals surface area contributed by atoms with Gasteiger partial charge in [0.2, 0.25) is 0 Å². The quantitative estimate of drug-likeness (QED) is 0.658. The molecule has 0 aromatic heterocycles. The van der Waals surface area contributed by atoms with Crippen molar-refractivity contribution in [3.05, 3.63) is 64.3 Å². The Labute approximate surface area is 141 Å². The van der Waals surface area contributed by atoms with Crippen LogP contribution in [-0.2, 0) is 9.59 Å². The van der Waals surface area contributed by atoms with Crippen molar-refractivity contribution in [2.75, 3.05) is 10.2 Å². The standard InChI is InChI=1S/C16H10Cl2N2O3/c17-9-5-7-10(8-6-9)20-15(22)13(18)14(16(20)23)19-11-3-1-2-4-12(11)21/h1-8,19,21H. The lowest BCUT2D eigenvalue weighted by atomic mass is 10.2. The molecule has 23 heavy (non-hydrogen) atoms. The van der Waals surface area contributed by atoms with E-state index in [-0.39, 0.29) is 22.2 Å². The number of rotatable bonds is 3. The van der Waals surface area contributed by atoms with E-state index in [1.165, 1.54) is 6.07 Å². The number of para-hydroxylation sites is 2. The molecule has 0 spiro atoms. The molecular weight excluding hydrogens is 339 g/mol. The van der Waals surface area contributed by atoms with E-state index in [9.17, 15) is 14.7 Å². The first-order valence-electron chi connectivity index (χ1n) is 6.58. The molecule has 2 N–H and O–H groups in total. The smallest absolute Gasteiger partial charge is 0.283 e. The van der Waals surface area contributed by atoms with E-state index in [0.29, 0.717) is 10.7 Å². The lowest BCUT2D eigenvalue weighted by Gasteiger charge is -2.15. The van der Waals surface area contributed by atoms with Crippen molar-refractivity contribution >= 4 is 46.4 Å². The number of nitrogens with zero attached hydrogens (tertiary/aromatic N) is 1. The number of anilines is 2. The third-order valence-electron chi connectivity index (χ3n) is 3.28. The number of phenols is 1. The number of amides is 2. The van der Waals surface area contributed by atoms with Crippen molar-refractivity contribution in [3.8, 4) is 5.75 Å². The van der Waals surface area contributed by atoms with E-state index < -0.39 is 11.8 Å². The molecule has 0 atom stereocenters. The monoisotopic (exact) mass is 348 g/mol. The molecule has 2 aromatic carbocycles. The predicted octanol–water partition coefficient (Wildman–Crippen LogP) is 3.48. The van der Waals surface area contributed by atoms with Gasteiger partial charge in [-0.2, -0.15) is 0 Å². The molecule has 1 aliphatic heterocycles. The maximum atomic E-state index is 12.5. The highest BCUT2D eigenvalue weighted by Crippen LogP contribution is 2.32. The molecule has 2 amide bonds. The zero-order valence-electron chi connectivity index (χ0n) is 11.6. The summed E-state index contributed by atoms with van der Waals surface area (Å²) in [5.41, 5.74) is 0.546. The molecule has 0 fully saturated rings. The number of carbonyl (C=O) groups is 2. The minimum absolute atomic E-state index is 0.0605. The summed E-state index contributed by atoms with van der Waals surface area (Å²) in [6, 6.07) is 12.6. The first kappa shape index (κ1) is 15.4. The zero-order chi connectivity index (χ0) is 16.6. The Balaban J connectivity index is 1.93. The van der Waals surface area contributed by atoms with Crippen LogP contribution >= 0.6 is 23.2 Å². The van der Waals surface area contributed by atoms with Crippen LogP contribution < -0.4 is 10.2 Å². The predicted molar refractivity (Wildman–Crippen MR) is 88.6 cm³/mol. The number of nitrogens with one attached hydrogen (secondary N) is 1. The number of hydrogen-bond acceptors (Lipinski definition) is 4. The molecule has 7 heteroatoms. The largest absolute Gasteiger partial charge is 0.506 e. The third-order valence-corrected chi connectivity index (χ3v) is 3.88. The molecule has 2 aromatic rings. The van der Waals surface area contributed by atoms with Gasteiger partial charge in [0, 0.05) is 5.02 Å². The number of imide groups is 1. The summed E-state index contributed by atoms with van der Waals surface area (Å²) in [4.78, 5) is 25.7. The van der Waals surface area contributed by atoms with Crippen molar-refractivity contribution in [3.63, 3.8) is 0 Å². The average molecular weight is 349 g/mol. The average Bonchev–Trinajstić information content (AvgIpc) is 2.74. The fraction of sp³-hybridized carbons (Fsp3) is 0. The molecule has 0 unspecified atom stereocenters. The Kier molecular flexibility index (Phi) is 3.98. The molecule has 0 radical (unpaired) electrons. The van der Waals surface area contributed by atoms with Crippen LogP contribution in [0.15, 0.2) is 59.3 Å². The first-order valence-corrected chi connectivity index (χ1v) is 7.34. The first-order chi connectivity index (χ1) is 11.0.